The van der Waals surface area contributed by atoms with Gasteiger partial charge >= 0.3 is 0 Å². The molecule has 0 aromatic heterocycles. The van der Waals surface area contributed by atoms with E-state index in [1.54, 1.807) is 31.2 Å². The number of hydrogen-bond donors (Lipinski definition) is 1. The van der Waals surface area contributed by atoms with Crippen LogP contribution < -0.4 is 5.73 Å². The van der Waals surface area contributed by atoms with E-state index in [0.29, 0.717) is 22.0 Å². The molecule has 1 aliphatic rings. The first-order chi connectivity index (χ1) is 9.32. The smallest absolute Gasteiger partial charge is 0.241 e. The maximum absolute atomic E-state index is 14.5. The monoisotopic (exact) mass is 313 g/mol. The van der Waals surface area contributed by atoms with Crippen LogP contribution in [0, 0.1) is 0 Å². The predicted octanol–water partition coefficient (Wildman–Crippen LogP) is 4.18. The van der Waals surface area contributed by atoms with Gasteiger partial charge in [0.2, 0.25) is 5.91 Å². The van der Waals surface area contributed by atoms with Crippen molar-refractivity contribution in [2.75, 3.05) is 0 Å². The molecule has 106 valence electrons. The van der Waals surface area contributed by atoms with Crippen LogP contribution in [-0.4, -0.2) is 11.6 Å². The largest absolute Gasteiger partial charge is 0.366 e. The molecule has 0 heterocycles. The third-order valence-electron chi connectivity index (χ3n) is 3.28. The van der Waals surface area contributed by atoms with Crippen LogP contribution in [0.1, 0.15) is 24.8 Å². The van der Waals surface area contributed by atoms with Crippen LogP contribution in [0.15, 0.2) is 42.0 Å². The van der Waals surface area contributed by atoms with Crippen LogP contribution in [0.3, 0.4) is 0 Å². The number of amides is 1. The number of benzene rings is 1. The Labute approximate surface area is 127 Å². The summed E-state index contributed by atoms with van der Waals surface area (Å²) in [6.07, 6.45) is 4.69. The van der Waals surface area contributed by atoms with Crippen LogP contribution in [0.2, 0.25) is 10.0 Å². The molecule has 1 amide bonds. The van der Waals surface area contributed by atoms with Crippen LogP contribution in [0.5, 0.6) is 0 Å². The highest BCUT2D eigenvalue weighted by Crippen LogP contribution is 2.56. The Morgan fingerprint density at radius 2 is 2.15 bits per heavy atom. The summed E-state index contributed by atoms with van der Waals surface area (Å²) >= 11 is 11.8. The van der Waals surface area contributed by atoms with Crippen LogP contribution in [0.25, 0.3) is 0 Å². The summed E-state index contributed by atoms with van der Waals surface area (Å²) in [5.74, 6) is -0.771. The highest BCUT2D eigenvalue weighted by molar-refractivity contribution is 6.42. The normalized spacial score (nSPS) is 26.0. The van der Waals surface area contributed by atoms with Crippen LogP contribution >= 0.6 is 23.2 Å². The van der Waals surface area contributed by atoms with E-state index in [4.69, 9.17) is 28.9 Å². The number of nitrogens with two attached hydrogens (primary N) is 1. The van der Waals surface area contributed by atoms with Crippen molar-refractivity contribution in [3.05, 3.63) is 57.6 Å². The summed E-state index contributed by atoms with van der Waals surface area (Å²) in [6.45, 7) is 1.70. The molecule has 20 heavy (non-hydrogen) atoms. The zero-order valence-corrected chi connectivity index (χ0v) is 12.4. The average Bonchev–Trinajstić information content (AvgIpc) is 3.03. The quantitative estimate of drug-likeness (QED) is 0.657. The first-order valence-corrected chi connectivity index (χ1v) is 6.88. The summed E-state index contributed by atoms with van der Waals surface area (Å²) in [6, 6.07) is 5.13. The summed E-state index contributed by atoms with van der Waals surface area (Å²) in [5.41, 5.74) is 5.07. The van der Waals surface area contributed by atoms with Gasteiger partial charge in [-0.05, 0) is 42.7 Å². The van der Waals surface area contributed by atoms with Crippen LogP contribution in [-0.2, 0) is 4.79 Å². The minimum atomic E-state index is -1.40. The topological polar surface area (TPSA) is 43.1 Å². The van der Waals surface area contributed by atoms with Gasteiger partial charge in [-0.1, -0.05) is 35.3 Å². The Bertz CT molecular complexity index is 612. The molecule has 1 aromatic carbocycles. The molecule has 2 N–H and O–H groups in total. The van der Waals surface area contributed by atoms with Crippen molar-refractivity contribution in [3.63, 3.8) is 0 Å². The minimum absolute atomic E-state index is 0.227. The number of allylic oxidation sites excluding steroid dienone is 3. The minimum Gasteiger partial charge on any atom is -0.366 e. The predicted molar refractivity (Wildman–Crippen MR) is 79.8 cm³/mol. The van der Waals surface area contributed by atoms with E-state index in [0.717, 1.165) is 5.56 Å². The maximum atomic E-state index is 14.5. The van der Waals surface area contributed by atoms with Crippen molar-refractivity contribution in [1.29, 1.82) is 0 Å². The lowest BCUT2D eigenvalue weighted by Gasteiger charge is -2.04. The summed E-state index contributed by atoms with van der Waals surface area (Å²) in [5, 5.41) is 0.878. The zero-order valence-electron chi connectivity index (χ0n) is 10.9. The highest BCUT2D eigenvalue weighted by Gasteiger charge is 2.54. The Hall–Kier alpha value is -1.32. The molecular formula is C15H14Cl2FNO. The van der Waals surface area contributed by atoms with Crippen molar-refractivity contribution in [1.82, 2.24) is 0 Å². The fraction of sp³-hybridized carbons (Fsp3) is 0.267. The second-order valence-corrected chi connectivity index (χ2v) is 5.80. The van der Waals surface area contributed by atoms with Gasteiger partial charge in [-0.3, -0.25) is 4.79 Å². The first-order valence-electron chi connectivity index (χ1n) is 6.12. The molecule has 0 saturated heterocycles. The molecule has 0 bridgehead atoms. The van der Waals surface area contributed by atoms with Gasteiger partial charge in [-0.25, -0.2) is 4.39 Å². The number of carbonyl (C=O) groups is 1. The lowest BCUT2D eigenvalue weighted by Crippen LogP contribution is -2.06. The maximum Gasteiger partial charge on any atom is 0.241 e. The SMILES string of the molecule is C/C(C=CC1(F)CC1c1ccc(Cl)c(Cl)c1)=C\C(N)=O. The van der Waals surface area contributed by atoms with Gasteiger partial charge in [0.25, 0.3) is 0 Å². The Kier molecular flexibility index (Phi) is 4.21. The van der Waals surface area contributed by atoms with Gasteiger partial charge in [0.1, 0.15) is 5.67 Å². The standard InChI is InChI=1S/C15H14Cl2FNO/c1-9(6-14(19)20)4-5-15(18)8-11(15)10-2-3-12(16)13(17)7-10/h2-7,11H,8H2,1H3,(H2,19,20)/b5-4?,9-6+. The molecule has 1 aliphatic carbocycles. The number of alkyl halides is 1. The molecule has 1 fully saturated rings. The molecule has 1 aromatic rings. The Balaban J connectivity index is 2.10. The number of halogens is 3. The molecule has 0 spiro atoms. The zero-order chi connectivity index (χ0) is 14.9. The lowest BCUT2D eigenvalue weighted by molar-refractivity contribution is -0.113. The van der Waals surface area contributed by atoms with Gasteiger partial charge in [-0.15, -0.1) is 0 Å². The second-order valence-electron chi connectivity index (χ2n) is 4.98. The Morgan fingerprint density at radius 3 is 2.75 bits per heavy atom. The van der Waals surface area contributed by atoms with Crippen molar-refractivity contribution in [2.45, 2.75) is 24.9 Å². The Morgan fingerprint density at radius 1 is 1.45 bits per heavy atom. The molecule has 2 nitrogen and oxygen atoms in total. The molecule has 2 atom stereocenters. The fourth-order valence-electron chi connectivity index (χ4n) is 2.10. The average molecular weight is 314 g/mol. The van der Waals surface area contributed by atoms with Gasteiger partial charge in [0.15, 0.2) is 0 Å². The van der Waals surface area contributed by atoms with Crippen molar-refractivity contribution in [3.8, 4) is 0 Å². The molecule has 5 heteroatoms. The molecule has 0 aliphatic heterocycles. The van der Waals surface area contributed by atoms with E-state index in [1.807, 2.05) is 0 Å². The van der Waals surface area contributed by atoms with Crippen molar-refractivity contribution < 1.29 is 9.18 Å². The molecule has 2 unspecified atom stereocenters. The van der Waals surface area contributed by atoms with E-state index in [9.17, 15) is 9.18 Å². The second kappa shape index (κ2) is 5.58. The third-order valence-corrected chi connectivity index (χ3v) is 4.01. The van der Waals surface area contributed by atoms with Gasteiger partial charge in [0, 0.05) is 12.0 Å². The molecular weight excluding hydrogens is 300 g/mol. The van der Waals surface area contributed by atoms with Crippen molar-refractivity contribution >= 4 is 29.1 Å². The number of primary amides is 1. The van der Waals surface area contributed by atoms with Crippen LogP contribution in [0.4, 0.5) is 4.39 Å². The van der Waals surface area contributed by atoms with E-state index >= 15 is 0 Å². The van der Waals surface area contributed by atoms with Gasteiger partial charge in [0.05, 0.1) is 10.0 Å². The lowest BCUT2D eigenvalue weighted by atomic mass is 10.1. The summed E-state index contributed by atoms with van der Waals surface area (Å²) in [7, 11) is 0. The highest BCUT2D eigenvalue weighted by atomic mass is 35.5. The van der Waals surface area contributed by atoms with E-state index in [-0.39, 0.29) is 5.92 Å². The van der Waals surface area contributed by atoms with Gasteiger partial charge < -0.3 is 5.73 Å². The van der Waals surface area contributed by atoms with E-state index in [1.165, 1.54) is 12.2 Å². The third kappa shape index (κ3) is 3.41. The number of carbonyl (C=O) groups excluding carboxylic acids is 1. The molecule has 2 rings (SSSR count). The van der Waals surface area contributed by atoms with Gasteiger partial charge in [-0.2, -0.15) is 0 Å². The number of rotatable bonds is 4. The number of hydrogen-bond acceptors (Lipinski definition) is 1. The molecule has 0 radical (unpaired) electrons. The van der Waals surface area contributed by atoms with Crippen molar-refractivity contribution in [2.24, 2.45) is 5.73 Å². The fourth-order valence-corrected chi connectivity index (χ4v) is 2.41. The first kappa shape index (κ1) is 15.1. The van der Waals surface area contributed by atoms with E-state index in [2.05, 4.69) is 0 Å². The summed E-state index contributed by atoms with van der Waals surface area (Å²) in [4.78, 5) is 10.7. The van der Waals surface area contributed by atoms with E-state index < -0.39 is 11.6 Å². The molecule has 1 saturated carbocycles. The summed E-state index contributed by atoms with van der Waals surface area (Å²) < 4.78 is 14.5.